The minimum atomic E-state index is -1.53. The third-order valence-electron chi connectivity index (χ3n) is 1.20. The first-order valence-corrected chi connectivity index (χ1v) is 3.33. The molecule has 0 spiro atoms. The smallest absolute Gasteiger partial charge is 0.335 e. The van der Waals surface area contributed by atoms with Gasteiger partial charge in [-0.1, -0.05) is 0 Å². The first kappa shape index (κ1) is 10.9. The number of carbonyl (C=O) groups is 2. The third-order valence-corrected chi connectivity index (χ3v) is 1.20. The number of carboxylic acids is 2. The fraction of sp³-hybridized carbons (Fsp3) is 0.667. The van der Waals surface area contributed by atoms with Crippen molar-refractivity contribution in [3.05, 3.63) is 0 Å². The Balaban J connectivity index is 4.28. The molecule has 0 saturated heterocycles. The highest BCUT2D eigenvalue weighted by Crippen LogP contribution is 1.97. The van der Waals surface area contributed by atoms with Gasteiger partial charge in [0.05, 0.1) is 0 Å². The molecule has 4 N–H and O–H groups in total. The van der Waals surface area contributed by atoms with Crippen LogP contribution >= 0.6 is 0 Å². The van der Waals surface area contributed by atoms with Gasteiger partial charge in [0.2, 0.25) is 0 Å². The van der Waals surface area contributed by atoms with Crippen LogP contribution in [0.3, 0.4) is 0 Å². The lowest BCUT2D eigenvalue weighted by Crippen LogP contribution is -2.47. The number of ether oxygens (including phenoxy) is 1. The van der Waals surface area contributed by atoms with Crippen LogP contribution in [0.5, 0.6) is 0 Å². The molecule has 0 heterocycles. The van der Waals surface area contributed by atoms with Crippen molar-refractivity contribution in [1.29, 1.82) is 0 Å². The summed E-state index contributed by atoms with van der Waals surface area (Å²) < 4.78 is 4.62. The Bertz CT molecular complexity index is 181. The van der Waals surface area contributed by atoms with Crippen molar-refractivity contribution in [2.24, 2.45) is 5.73 Å². The highest BCUT2D eigenvalue weighted by molar-refractivity contribution is 5.84. The molecule has 0 aliphatic carbocycles. The van der Waals surface area contributed by atoms with E-state index in [4.69, 9.17) is 15.9 Å². The molecule has 0 aliphatic heterocycles. The summed E-state index contributed by atoms with van der Waals surface area (Å²) in [6, 6.07) is -1.53. The van der Waals surface area contributed by atoms with E-state index in [1.54, 1.807) is 6.92 Å². The zero-order valence-electron chi connectivity index (χ0n) is 6.56. The van der Waals surface area contributed by atoms with Gasteiger partial charge in [-0.3, -0.25) is 4.79 Å². The maximum absolute atomic E-state index is 10.4. The van der Waals surface area contributed by atoms with Crippen molar-refractivity contribution in [3.63, 3.8) is 0 Å². The second-order valence-electron chi connectivity index (χ2n) is 2.08. The molecule has 0 bridgehead atoms. The SMILES string of the molecule is CCOC(C(=O)O)C(N)C(=O)O. The number of rotatable bonds is 5. The first-order valence-electron chi connectivity index (χ1n) is 3.33. The van der Waals surface area contributed by atoms with Gasteiger partial charge in [0.15, 0.2) is 6.10 Å². The lowest BCUT2D eigenvalue weighted by molar-refractivity contribution is -0.158. The van der Waals surface area contributed by atoms with Crippen LogP contribution in [0.4, 0.5) is 0 Å². The Morgan fingerprint density at radius 2 is 1.92 bits per heavy atom. The first-order chi connectivity index (χ1) is 5.50. The topological polar surface area (TPSA) is 110 Å². The van der Waals surface area contributed by atoms with E-state index in [0.29, 0.717) is 0 Å². The van der Waals surface area contributed by atoms with E-state index in [1.807, 2.05) is 0 Å². The average molecular weight is 177 g/mol. The van der Waals surface area contributed by atoms with Crippen LogP contribution in [0.15, 0.2) is 0 Å². The van der Waals surface area contributed by atoms with Gasteiger partial charge in [-0.05, 0) is 6.92 Å². The summed E-state index contributed by atoms with van der Waals surface area (Å²) in [6.45, 7) is 1.67. The van der Waals surface area contributed by atoms with Crippen molar-refractivity contribution < 1.29 is 24.5 Å². The Hall–Kier alpha value is -1.14. The largest absolute Gasteiger partial charge is 0.480 e. The summed E-state index contributed by atoms with van der Waals surface area (Å²) in [7, 11) is 0. The van der Waals surface area contributed by atoms with Gasteiger partial charge >= 0.3 is 11.9 Å². The second-order valence-corrected chi connectivity index (χ2v) is 2.08. The Kier molecular flexibility index (Phi) is 4.24. The van der Waals surface area contributed by atoms with E-state index in [-0.39, 0.29) is 6.61 Å². The number of hydrogen-bond donors (Lipinski definition) is 3. The quantitative estimate of drug-likeness (QED) is 0.491. The Labute approximate surface area is 68.9 Å². The third kappa shape index (κ3) is 2.85. The van der Waals surface area contributed by atoms with E-state index in [9.17, 15) is 9.59 Å². The molecule has 0 rings (SSSR count). The number of hydrogen-bond acceptors (Lipinski definition) is 4. The van der Waals surface area contributed by atoms with Crippen LogP contribution in [-0.4, -0.2) is 40.9 Å². The van der Waals surface area contributed by atoms with E-state index in [2.05, 4.69) is 4.74 Å². The van der Waals surface area contributed by atoms with Crippen LogP contribution in [0, 0.1) is 0 Å². The summed E-state index contributed by atoms with van der Waals surface area (Å²) in [6.07, 6.45) is -1.48. The molecule has 70 valence electrons. The van der Waals surface area contributed by atoms with Gasteiger partial charge in [0, 0.05) is 6.61 Å². The fourth-order valence-electron chi connectivity index (χ4n) is 0.638. The van der Waals surface area contributed by atoms with Crippen LogP contribution in [0.25, 0.3) is 0 Å². The molecule has 0 aromatic carbocycles. The highest BCUT2D eigenvalue weighted by Gasteiger charge is 2.30. The van der Waals surface area contributed by atoms with Gasteiger partial charge in [-0.15, -0.1) is 0 Å². The molecule has 0 amide bonds. The zero-order chi connectivity index (χ0) is 9.72. The monoisotopic (exact) mass is 177 g/mol. The molecule has 0 fully saturated rings. The van der Waals surface area contributed by atoms with Crippen LogP contribution in [0.2, 0.25) is 0 Å². The van der Waals surface area contributed by atoms with Gasteiger partial charge in [0.25, 0.3) is 0 Å². The molecule has 0 saturated carbocycles. The van der Waals surface area contributed by atoms with Crippen molar-refractivity contribution in [1.82, 2.24) is 0 Å². The van der Waals surface area contributed by atoms with Crippen molar-refractivity contribution in [2.75, 3.05) is 6.61 Å². The summed E-state index contributed by atoms with van der Waals surface area (Å²) in [4.78, 5) is 20.6. The second kappa shape index (κ2) is 4.68. The van der Waals surface area contributed by atoms with E-state index in [1.165, 1.54) is 0 Å². The predicted molar refractivity (Wildman–Crippen MR) is 38.7 cm³/mol. The molecule has 2 unspecified atom stereocenters. The summed E-state index contributed by atoms with van der Waals surface area (Å²) in [5.41, 5.74) is 5.04. The number of aliphatic carboxylic acids is 2. The maximum Gasteiger partial charge on any atom is 0.335 e. The van der Waals surface area contributed by atoms with Gasteiger partial charge in [0.1, 0.15) is 6.04 Å². The molecule has 6 heteroatoms. The maximum atomic E-state index is 10.4. The van der Waals surface area contributed by atoms with E-state index in [0.717, 1.165) is 0 Å². The van der Waals surface area contributed by atoms with Gasteiger partial charge in [-0.2, -0.15) is 0 Å². The van der Waals surface area contributed by atoms with E-state index < -0.39 is 24.1 Å². The predicted octanol–water partition coefficient (Wildman–Crippen LogP) is -1.11. The highest BCUT2D eigenvalue weighted by atomic mass is 16.5. The minimum absolute atomic E-state index is 0.109. The van der Waals surface area contributed by atoms with E-state index >= 15 is 0 Å². The summed E-state index contributed by atoms with van der Waals surface area (Å²) >= 11 is 0. The Morgan fingerprint density at radius 3 is 2.17 bits per heavy atom. The molecule has 2 atom stereocenters. The molecule has 0 radical (unpaired) electrons. The summed E-state index contributed by atoms with van der Waals surface area (Å²) in [5, 5.41) is 16.8. The standard InChI is InChI=1S/C6H11NO5/c1-2-12-4(6(10)11)3(7)5(8)9/h3-4H,2,7H2,1H3,(H,8,9)(H,10,11). The average Bonchev–Trinajstić information content (AvgIpc) is 1.98. The fourth-order valence-corrected chi connectivity index (χ4v) is 0.638. The van der Waals surface area contributed by atoms with Crippen molar-refractivity contribution >= 4 is 11.9 Å². The van der Waals surface area contributed by atoms with Crippen LogP contribution in [0.1, 0.15) is 6.92 Å². The summed E-state index contributed by atoms with van der Waals surface area (Å²) in [5.74, 6) is -2.76. The lowest BCUT2D eigenvalue weighted by Gasteiger charge is -2.15. The molecule has 0 aromatic heterocycles. The van der Waals surface area contributed by atoms with Crippen molar-refractivity contribution in [3.8, 4) is 0 Å². The van der Waals surface area contributed by atoms with Crippen LogP contribution < -0.4 is 5.73 Å². The van der Waals surface area contributed by atoms with Crippen LogP contribution in [-0.2, 0) is 14.3 Å². The molecule has 12 heavy (non-hydrogen) atoms. The Morgan fingerprint density at radius 1 is 1.42 bits per heavy atom. The lowest BCUT2D eigenvalue weighted by atomic mass is 10.2. The molecular weight excluding hydrogens is 166 g/mol. The zero-order valence-corrected chi connectivity index (χ0v) is 6.56. The van der Waals surface area contributed by atoms with Crippen molar-refractivity contribution in [2.45, 2.75) is 19.1 Å². The minimum Gasteiger partial charge on any atom is -0.480 e. The number of carboxylic acid groups (broad SMARTS) is 2. The van der Waals surface area contributed by atoms with Gasteiger partial charge in [-0.25, -0.2) is 4.79 Å². The van der Waals surface area contributed by atoms with Gasteiger partial charge < -0.3 is 20.7 Å². The molecule has 0 aliphatic rings. The molecular formula is C6H11NO5. The normalized spacial score (nSPS) is 15.2. The molecule has 0 aromatic rings. The number of nitrogens with two attached hydrogens (primary N) is 1. The molecule has 6 nitrogen and oxygen atoms in total.